The van der Waals surface area contributed by atoms with Crippen LogP contribution in [0.1, 0.15) is 26.7 Å². The summed E-state index contributed by atoms with van der Waals surface area (Å²) >= 11 is 2.30. The van der Waals surface area contributed by atoms with E-state index in [1.807, 2.05) is 18.2 Å². The highest BCUT2D eigenvalue weighted by molar-refractivity contribution is 14.1. The van der Waals surface area contributed by atoms with Gasteiger partial charge in [-0.3, -0.25) is 0 Å². The van der Waals surface area contributed by atoms with E-state index < -0.39 is 0 Å². The molecule has 1 aromatic rings. The Bertz CT molecular complexity index is 256. The smallest absolute Gasteiger partial charge is 0.133 e. The van der Waals surface area contributed by atoms with Gasteiger partial charge in [-0.25, -0.2) is 0 Å². The van der Waals surface area contributed by atoms with Crippen molar-refractivity contribution in [1.82, 2.24) is 0 Å². The van der Waals surface area contributed by atoms with Gasteiger partial charge in [-0.1, -0.05) is 26.0 Å². The van der Waals surface area contributed by atoms with Gasteiger partial charge in [-0.15, -0.1) is 0 Å². The van der Waals surface area contributed by atoms with E-state index in [1.54, 1.807) is 0 Å². The summed E-state index contributed by atoms with van der Waals surface area (Å²) < 4.78 is 7.02. The molecule has 0 fully saturated rings. The monoisotopic (exact) mass is 290 g/mol. The number of halogens is 1. The van der Waals surface area contributed by atoms with Gasteiger partial charge < -0.3 is 4.74 Å². The Labute approximate surface area is 93.6 Å². The van der Waals surface area contributed by atoms with Gasteiger partial charge in [0.05, 0.1) is 9.67 Å². The molecule has 13 heavy (non-hydrogen) atoms. The van der Waals surface area contributed by atoms with Crippen LogP contribution < -0.4 is 4.74 Å². The fourth-order valence-corrected chi connectivity index (χ4v) is 1.69. The average Bonchev–Trinajstić information content (AvgIpc) is 2.17. The Morgan fingerprint density at radius 3 is 2.38 bits per heavy atom. The third-order valence-corrected chi connectivity index (χ3v) is 2.93. The Kier molecular flexibility index (Phi) is 4.56. The van der Waals surface area contributed by atoms with E-state index in [1.165, 1.54) is 3.57 Å². The maximum Gasteiger partial charge on any atom is 0.133 e. The molecule has 0 aromatic heterocycles. The molecule has 0 heterocycles. The van der Waals surface area contributed by atoms with Crippen LogP contribution in [0.5, 0.6) is 5.75 Å². The molecule has 1 nitrogen and oxygen atoms in total. The molecule has 0 bridgehead atoms. The van der Waals surface area contributed by atoms with Crippen LogP contribution in [0.15, 0.2) is 24.3 Å². The molecule has 0 amide bonds. The molecule has 0 saturated heterocycles. The molecule has 1 aromatic carbocycles. The van der Waals surface area contributed by atoms with Crippen LogP contribution in [0.2, 0.25) is 0 Å². The van der Waals surface area contributed by atoms with Crippen molar-refractivity contribution in [2.45, 2.75) is 32.8 Å². The van der Waals surface area contributed by atoms with Crippen LogP contribution in [0.3, 0.4) is 0 Å². The highest BCUT2D eigenvalue weighted by Crippen LogP contribution is 2.22. The summed E-state index contributed by atoms with van der Waals surface area (Å²) in [7, 11) is 0. The normalized spacial score (nSPS) is 10.5. The lowest BCUT2D eigenvalue weighted by atomic mass is 10.2. The third-order valence-electron chi connectivity index (χ3n) is 2.04. The first kappa shape index (κ1) is 10.8. The van der Waals surface area contributed by atoms with Crippen LogP contribution in [-0.4, -0.2) is 6.10 Å². The molecule has 0 aliphatic carbocycles. The van der Waals surface area contributed by atoms with Crippen LogP contribution in [-0.2, 0) is 0 Å². The first-order chi connectivity index (χ1) is 6.27. The van der Waals surface area contributed by atoms with E-state index >= 15 is 0 Å². The lowest BCUT2D eigenvalue weighted by Crippen LogP contribution is -2.14. The van der Waals surface area contributed by atoms with Crippen molar-refractivity contribution in [3.05, 3.63) is 27.8 Å². The second-order valence-electron chi connectivity index (χ2n) is 2.99. The molecule has 0 aliphatic heterocycles. The van der Waals surface area contributed by atoms with Gasteiger partial charge in [-0.05, 0) is 47.6 Å². The van der Waals surface area contributed by atoms with Crippen LogP contribution in [0.25, 0.3) is 0 Å². The summed E-state index contributed by atoms with van der Waals surface area (Å²) in [5.74, 6) is 1.01. The van der Waals surface area contributed by atoms with Gasteiger partial charge in [0.1, 0.15) is 5.75 Å². The summed E-state index contributed by atoms with van der Waals surface area (Å²) in [5, 5.41) is 0. The van der Waals surface area contributed by atoms with Crippen molar-refractivity contribution in [2.75, 3.05) is 0 Å². The molecule has 0 N–H and O–H groups in total. The van der Waals surface area contributed by atoms with E-state index in [2.05, 4.69) is 42.5 Å². The fourth-order valence-electron chi connectivity index (χ4n) is 1.18. The van der Waals surface area contributed by atoms with Crippen molar-refractivity contribution < 1.29 is 4.74 Å². The third kappa shape index (κ3) is 3.18. The number of hydrogen-bond donors (Lipinski definition) is 0. The van der Waals surface area contributed by atoms with Crippen molar-refractivity contribution in [3.63, 3.8) is 0 Å². The zero-order valence-corrected chi connectivity index (χ0v) is 10.2. The second-order valence-corrected chi connectivity index (χ2v) is 4.15. The van der Waals surface area contributed by atoms with E-state index in [0.717, 1.165) is 18.6 Å². The molecule has 0 atom stereocenters. The largest absolute Gasteiger partial charge is 0.489 e. The number of ether oxygens (including phenoxy) is 1. The van der Waals surface area contributed by atoms with Crippen LogP contribution in [0, 0.1) is 3.57 Å². The first-order valence-corrected chi connectivity index (χ1v) is 5.77. The Hall–Kier alpha value is -0.250. The average molecular weight is 290 g/mol. The summed E-state index contributed by atoms with van der Waals surface area (Å²) in [5.41, 5.74) is 0. The number of hydrogen-bond acceptors (Lipinski definition) is 1. The zero-order chi connectivity index (χ0) is 9.68. The van der Waals surface area contributed by atoms with E-state index in [9.17, 15) is 0 Å². The molecule has 1 rings (SSSR count). The molecular formula is C11H15IO. The highest BCUT2D eigenvalue weighted by atomic mass is 127. The maximum atomic E-state index is 5.84. The standard InChI is InChI=1S/C11H15IO/c1-3-9(4-2)13-11-8-6-5-7-10(11)12/h5-9H,3-4H2,1-2H3. The fraction of sp³-hybridized carbons (Fsp3) is 0.455. The van der Waals surface area contributed by atoms with Gasteiger partial charge in [0.15, 0.2) is 0 Å². The SMILES string of the molecule is CCC(CC)Oc1ccccc1I. The minimum atomic E-state index is 0.357. The molecule has 2 heteroatoms. The van der Waals surface area contributed by atoms with Gasteiger partial charge >= 0.3 is 0 Å². The van der Waals surface area contributed by atoms with E-state index in [-0.39, 0.29) is 0 Å². The van der Waals surface area contributed by atoms with Crippen molar-refractivity contribution in [1.29, 1.82) is 0 Å². The molecule has 72 valence electrons. The van der Waals surface area contributed by atoms with Gasteiger partial charge in [0.25, 0.3) is 0 Å². The molecule has 0 unspecified atom stereocenters. The summed E-state index contributed by atoms with van der Waals surface area (Å²) in [6.07, 6.45) is 2.50. The van der Waals surface area contributed by atoms with E-state index in [0.29, 0.717) is 6.10 Å². The lowest BCUT2D eigenvalue weighted by Gasteiger charge is -2.16. The quantitative estimate of drug-likeness (QED) is 0.765. The van der Waals surface area contributed by atoms with Crippen molar-refractivity contribution in [2.24, 2.45) is 0 Å². The minimum absolute atomic E-state index is 0.357. The number of benzene rings is 1. The highest BCUT2D eigenvalue weighted by Gasteiger charge is 2.06. The predicted molar refractivity (Wildman–Crippen MR) is 64.2 cm³/mol. The van der Waals surface area contributed by atoms with E-state index in [4.69, 9.17) is 4.74 Å². The number of para-hydroxylation sites is 1. The van der Waals surface area contributed by atoms with Crippen molar-refractivity contribution in [3.8, 4) is 5.75 Å². The topological polar surface area (TPSA) is 9.23 Å². The lowest BCUT2D eigenvalue weighted by molar-refractivity contribution is 0.191. The molecule has 0 spiro atoms. The Balaban J connectivity index is 2.67. The Morgan fingerprint density at radius 2 is 1.85 bits per heavy atom. The van der Waals surface area contributed by atoms with Crippen LogP contribution in [0.4, 0.5) is 0 Å². The molecule has 0 saturated carbocycles. The molecular weight excluding hydrogens is 275 g/mol. The van der Waals surface area contributed by atoms with Gasteiger partial charge in [-0.2, -0.15) is 0 Å². The maximum absolute atomic E-state index is 5.84. The van der Waals surface area contributed by atoms with Crippen LogP contribution >= 0.6 is 22.6 Å². The van der Waals surface area contributed by atoms with Gasteiger partial charge in [0.2, 0.25) is 0 Å². The first-order valence-electron chi connectivity index (χ1n) is 4.69. The zero-order valence-electron chi connectivity index (χ0n) is 8.09. The minimum Gasteiger partial charge on any atom is -0.489 e. The Morgan fingerprint density at radius 1 is 1.23 bits per heavy atom. The predicted octanol–water partition coefficient (Wildman–Crippen LogP) is 3.86. The summed E-state index contributed by atoms with van der Waals surface area (Å²) in [4.78, 5) is 0. The van der Waals surface area contributed by atoms with Gasteiger partial charge in [0, 0.05) is 0 Å². The second kappa shape index (κ2) is 5.47. The molecule has 0 aliphatic rings. The summed E-state index contributed by atoms with van der Waals surface area (Å²) in [6.45, 7) is 4.31. The molecule has 0 radical (unpaired) electrons. The number of rotatable bonds is 4. The van der Waals surface area contributed by atoms with Crippen molar-refractivity contribution >= 4 is 22.6 Å². The summed E-state index contributed by atoms with van der Waals surface area (Å²) in [6, 6.07) is 8.14.